The molecule has 31 heavy (non-hydrogen) atoms. The molecule has 0 unspecified atom stereocenters. The van der Waals surface area contributed by atoms with Crippen molar-refractivity contribution in [1.82, 2.24) is 9.88 Å². The molecule has 1 spiro atoms. The molecule has 0 radical (unpaired) electrons. The first-order chi connectivity index (χ1) is 14.6. The molecule has 2 heterocycles. The average Bonchev–Trinajstić information content (AvgIpc) is 3.06. The van der Waals surface area contributed by atoms with Crippen molar-refractivity contribution in [2.45, 2.75) is 64.2 Å². The number of esters is 1. The van der Waals surface area contributed by atoms with E-state index in [1.54, 1.807) is 18.3 Å². The summed E-state index contributed by atoms with van der Waals surface area (Å²) >= 11 is 1.51. The van der Waals surface area contributed by atoms with Crippen molar-refractivity contribution >= 4 is 23.4 Å². The predicted molar refractivity (Wildman–Crippen MR) is 118 cm³/mol. The van der Waals surface area contributed by atoms with Crippen molar-refractivity contribution in [3.05, 3.63) is 34.8 Å². The Labute approximate surface area is 186 Å². The second-order valence-corrected chi connectivity index (χ2v) is 10.4. The van der Waals surface area contributed by atoms with Crippen molar-refractivity contribution in [2.75, 3.05) is 13.7 Å². The topological polar surface area (TPSA) is 78.0 Å². The van der Waals surface area contributed by atoms with Crippen molar-refractivity contribution < 1.29 is 23.8 Å². The van der Waals surface area contributed by atoms with Crippen LogP contribution in [0.15, 0.2) is 24.4 Å². The van der Waals surface area contributed by atoms with E-state index in [4.69, 9.17) is 14.2 Å². The number of hydrogen-bond acceptors (Lipinski definition) is 7. The Hall–Kier alpha value is -2.61. The van der Waals surface area contributed by atoms with Gasteiger partial charge < -0.3 is 19.1 Å². The van der Waals surface area contributed by atoms with Gasteiger partial charge >= 0.3 is 12.1 Å². The number of hydrogen-bond donors (Lipinski definition) is 0. The van der Waals surface area contributed by atoms with E-state index in [0.29, 0.717) is 23.4 Å². The van der Waals surface area contributed by atoms with E-state index in [9.17, 15) is 9.59 Å². The monoisotopic (exact) mass is 444 g/mol. The summed E-state index contributed by atoms with van der Waals surface area (Å²) in [5.74, 6) is 0.189. The first kappa shape index (κ1) is 21.6. The van der Waals surface area contributed by atoms with Gasteiger partial charge in [-0.2, -0.15) is 0 Å². The van der Waals surface area contributed by atoms with Gasteiger partial charge in [0.1, 0.15) is 22.5 Å². The number of ether oxygens (including phenoxy) is 3. The molecule has 0 bridgehead atoms. The summed E-state index contributed by atoms with van der Waals surface area (Å²) in [6, 6.07) is 5.37. The summed E-state index contributed by atoms with van der Waals surface area (Å²) < 4.78 is 16.8. The molecule has 1 aliphatic carbocycles. The average molecular weight is 445 g/mol. The largest absolute Gasteiger partial charge is 0.489 e. The summed E-state index contributed by atoms with van der Waals surface area (Å²) in [6.07, 6.45) is 3.91. The molecule has 1 aliphatic heterocycles. The number of amides is 1. The van der Waals surface area contributed by atoms with E-state index in [1.807, 2.05) is 38.7 Å². The van der Waals surface area contributed by atoms with Crippen LogP contribution in [0, 0.1) is 6.92 Å². The third-order valence-corrected chi connectivity index (χ3v) is 6.69. The van der Waals surface area contributed by atoms with E-state index < -0.39 is 11.6 Å². The zero-order valence-corrected chi connectivity index (χ0v) is 19.4. The second kappa shape index (κ2) is 7.82. The van der Waals surface area contributed by atoms with Gasteiger partial charge in [-0.1, -0.05) is 6.07 Å². The Bertz CT molecular complexity index is 1000. The minimum Gasteiger partial charge on any atom is -0.489 e. The summed E-state index contributed by atoms with van der Waals surface area (Å²) in [4.78, 5) is 32.2. The smallest absolute Gasteiger partial charge is 0.410 e. The van der Waals surface area contributed by atoms with Gasteiger partial charge in [-0.3, -0.25) is 0 Å². The third kappa shape index (κ3) is 4.13. The number of methoxy groups -OCH3 is 1. The fraction of sp³-hybridized carbons (Fsp3) is 0.522. The highest BCUT2D eigenvalue weighted by Gasteiger charge is 2.58. The van der Waals surface area contributed by atoms with Crippen molar-refractivity contribution in [1.29, 1.82) is 0 Å². The molecule has 1 aromatic heterocycles. The molecule has 1 aromatic carbocycles. The molecule has 1 saturated carbocycles. The number of carbonyl (C=O) groups is 2. The Balaban J connectivity index is 1.51. The summed E-state index contributed by atoms with van der Waals surface area (Å²) in [5.41, 5.74) is 0.404. The van der Waals surface area contributed by atoms with Gasteiger partial charge in [0.2, 0.25) is 0 Å². The number of aromatic nitrogens is 1. The molecule has 2 aliphatic rings. The molecule has 4 rings (SSSR count). The van der Waals surface area contributed by atoms with E-state index in [2.05, 4.69) is 4.98 Å². The van der Waals surface area contributed by atoms with Crippen molar-refractivity contribution in [3.8, 4) is 16.3 Å². The molecule has 2 aromatic rings. The minimum atomic E-state index is -0.511. The first-order valence-electron chi connectivity index (χ1n) is 10.4. The molecular formula is C23H28N2O5S. The van der Waals surface area contributed by atoms with Crippen molar-refractivity contribution in [3.63, 3.8) is 0 Å². The number of benzene rings is 1. The molecule has 0 atom stereocenters. The maximum atomic E-state index is 12.5. The minimum absolute atomic E-state index is 0.0436. The highest BCUT2D eigenvalue weighted by atomic mass is 32.1. The van der Waals surface area contributed by atoms with Gasteiger partial charge in [0.05, 0.1) is 23.8 Å². The molecule has 8 heteroatoms. The molecule has 1 amide bonds. The SMILES string of the molecule is COC(=O)c1cccc(OC2CC3(CCN3C(=O)OC(C)(C)C)C2)c1-c1ncc(C)s1. The Kier molecular flexibility index (Phi) is 5.45. The molecule has 2 fully saturated rings. The number of nitrogens with zero attached hydrogens (tertiary/aromatic N) is 2. The second-order valence-electron chi connectivity index (χ2n) is 9.20. The number of carbonyl (C=O) groups excluding carboxylic acids is 2. The lowest BCUT2D eigenvalue weighted by atomic mass is 9.66. The van der Waals surface area contributed by atoms with Crippen molar-refractivity contribution in [2.24, 2.45) is 0 Å². The van der Waals surface area contributed by atoms with Crippen LogP contribution in [0.4, 0.5) is 4.79 Å². The standard InChI is InChI=1S/C23H28N2O5S/c1-14-13-24-19(31-14)18-16(20(26)28-5)7-6-8-17(18)29-15-11-23(12-15)9-10-25(23)21(27)30-22(2,3)4/h6-8,13,15H,9-12H2,1-5H3. The maximum absolute atomic E-state index is 12.5. The van der Waals surface area contributed by atoms with Crippen LogP contribution in [0.1, 0.15) is 55.3 Å². The Morgan fingerprint density at radius 3 is 2.55 bits per heavy atom. The Morgan fingerprint density at radius 1 is 1.26 bits per heavy atom. The van der Waals surface area contributed by atoms with Crippen LogP contribution in [0.3, 0.4) is 0 Å². The zero-order valence-electron chi connectivity index (χ0n) is 18.6. The van der Waals surface area contributed by atoms with E-state index in [0.717, 1.165) is 29.1 Å². The van der Waals surface area contributed by atoms with Crippen LogP contribution < -0.4 is 4.74 Å². The van der Waals surface area contributed by atoms with Gasteiger partial charge in [-0.15, -0.1) is 11.3 Å². The fourth-order valence-corrected chi connectivity index (χ4v) is 5.05. The van der Waals surface area contributed by atoms with Crippen LogP contribution in [0.25, 0.3) is 10.6 Å². The van der Waals surface area contributed by atoms with E-state index in [-0.39, 0.29) is 17.7 Å². The summed E-state index contributed by atoms with van der Waals surface area (Å²) in [6.45, 7) is 8.31. The number of likely N-dealkylation sites (tertiary alicyclic amines) is 1. The molecular weight excluding hydrogens is 416 g/mol. The Morgan fingerprint density at radius 2 is 2.00 bits per heavy atom. The summed E-state index contributed by atoms with van der Waals surface area (Å²) in [7, 11) is 1.37. The lowest BCUT2D eigenvalue weighted by molar-refractivity contribution is -0.121. The molecule has 0 N–H and O–H groups in total. The quantitative estimate of drug-likeness (QED) is 0.629. The van der Waals surface area contributed by atoms with Crippen LogP contribution in [0.2, 0.25) is 0 Å². The van der Waals surface area contributed by atoms with Crippen LogP contribution >= 0.6 is 11.3 Å². The first-order valence-corrected chi connectivity index (χ1v) is 11.2. The summed E-state index contributed by atoms with van der Waals surface area (Å²) in [5, 5.41) is 0.724. The van der Waals surface area contributed by atoms with Gasteiger partial charge in [-0.25, -0.2) is 14.6 Å². The highest BCUT2D eigenvalue weighted by molar-refractivity contribution is 7.15. The number of aryl methyl sites for hydroxylation is 1. The highest BCUT2D eigenvalue weighted by Crippen LogP contribution is 2.50. The van der Waals surface area contributed by atoms with Crippen LogP contribution in [-0.2, 0) is 9.47 Å². The van der Waals surface area contributed by atoms with Gasteiger partial charge in [0, 0.05) is 30.5 Å². The van der Waals surface area contributed by atoms with Gasteiger partial charge in [0.25, 0.3) is 0 Å². The molecule has 166 valence electrons. The zero-order chi connectivity index (χ0) is 22.4. The number of thiazole rings is 1. The lowest BCUT2D eigenvalue weighted by Gasteiger charge is -2.60. The van der Waals surface area contributed by atoms with Gasteiger partial charge in [-0.05, 0) is 46.2 Å². The maximum Gasteiger partial charge on any atom is 0.410 e. The number of rotatable bonds is 4. The van der Waals surface area contributed by atoms with E-state index >= 15 is 0 Å². The normalized spacial score (nSPS) is 22.5. The van der Waals surface area contributed by atoms with Crippen LogP contribution in [-0.4, -0.2) is 52.8 Å². The third-order valence-electron chi connectivity index (χ3n) is 5.76. The lowest BCUT2D eigenvalue weighted by Crippen LogP contribution is -2.70. The molecule has 7 nitrogen and oxygen atoms in total. The van der Waals surface area contributed by atoms with Crippen LogP contribution in [0.5, 0.6) is 5.75 Å². The van der Waals surface area contributed by atoms with Gasteiger partial charge in [0.15, 0.2) is 0 Å². The predicted octanol–water partition coefficient (Wildman–Crippen LogP) is 4.83. The van der Waals surface area contributed by atoms with E-state index in [1.165, 1.54) is 18.4 Å². The fourth-order valence-electron chi connectivity index (χ4n) is 4.22. The molecule has 1 saturated heterocycles.